The maximum Gasteiger partial charge on any atom is 0.552 e. The third-order valence-electron chi connectivity index (χ3n) is 3.86. The fraction of sp³-hybridized carbons (Fsp3) is 0.133. The van der Waals surface area contributed by atoms with Crippen molar-refractivity contribution in [3.05, 3.63) is 48.3 Å². The SMILES string of the molecule is [2H]C([2H])([2H])[n+]1c2ccccc2n2sc3[n+](c21)Cc1ccncc1-3. The second kappa shape index (κ2) is 3.43. The Bertz CT molecular complexity index is 1090. The minimum Gasteiger partial charge on any atom is -0.264 e. The summed E-state index contributed by atoms with van der Waals surface area (Å²) in [5.41, 5.74) is 3.90. The molecule has 0 saturated carbocycles. The Morgan fingerprint density at radius 2 is 2.30 bits per heavy atom. The van der Waals surface area contributed by atoms with Crippen LogP contribution >= 0.6 is 11.5 Å². The lowest BCUT2D eigenvalue weighted by molar-refractivity contribution is -0.742. The second-order valence-corrected chi connectivity index (χ2v) is 5.87. The molecule has 0 radical (unpaired) electrons. The molecule has 0 atom stereocenters. The van der Waals surface area contributed by atoms with Crippen molar-refractivity contribution in [2.45, 2.75) is 6.54 Å². The number of nitrogens with zero attached hydrogens (tertiary/aromatic N) is 4. The van der Waals surface area contributed by atoms with E-state index in [2.05, 4.69) is 9.55 Å². The van der Waals surface area contributed by atoms with Gasteiger partial charge in [0.05, 0.1) is 9.68 Å². The van der Waals surface area contributed by atoms with Gasteiger partial charge in [-0.1, -0.05) is 12.1 Å². The van der Waals surface area contributed by atoms with Crippen molar-refractivity contribution in [3.8, 4) is 10.6 Å². The lowest BCUT2D eigenvalue weighted by Gasteiger charge is -1.89. The molecule has 3 aromatic heterocycles. The van der Waals surface area contributed by atoms with Crippen molar-refractivity contribution in [2.24, 2.45) is 6.98 Å². The van der Waals surface area contributed by atoms with Crippen LogP contribution in [0.5, 0.6) is 0 Å². The van der Waals surface area contributed by atoms with E-state index in [1.54, 1.807) is 17.7 Å². The maximum atomic E-state index is 7.98. The third-order valence-corrected chi connectivity index (χ3v) is 5.01. The zero-order chi connectivity index (χ0) is 15.8. The number of fused-ring (bicyclic) bond motifs is 7. The third kappa shape index (κ3) is 1.10. The largest absolute Gasteiger partial charge is 0.552 e. The van der Waals surface area contributed by atoms with Gasteiger partial charge in [0.2, 0.25) is 11.0 Å². The number of aryl methyl sites for hydroxylation is 1. The van der Waals surface area contributed by atoms with Gasteiger partial charge in [-0.05, 0) is 15.9 Å². The van der Waals surface area contributed by atoms with E-state index in [0.717, 1.165) is 21.6 Å². The summed E-state index contributed by atoms with van der Waals surface area (Å²) < 4.78 is 29.5. The maximum absolute atomic E-state index is 7.98. The van der Waals surface area contributed by atoms with Gasteiger partial charge >= 0.3 is 5.78 Å². The topological polar surface area (TPSA) is 25.1 Å². The van der Waals surface area contributed by atoms with Gasteiger partial charge in [-0.3, -0.25) is 4.98 Å². The smallest absolute Gasteiger partial charge is 0.264 e. The molecular weight excluding hydrogens is 268 g/mol. The highest BCUT2D eigenvalue weighted by molar-refractivity contribution is 7.09. The van der Waals surface area contributed by atoms with E-state index in [1.807, 2.05) is 40.3 Å². The highest BCUT2D eigenvalue weighted by Gasteiger charge is 2.39. The number of para-hydroxylation sites is 2. The summed E-state index contributed by atoms with van der Waals surface area (Å²) in [6.07, 6.45) is 3.63. The van der Waals surface area contributed by atoms with Crippen LogP contribution < -0.4 is 9.13 Å². The Labute approximate surface area is 123 Å². The van der Waals surface area contributed by atoms with E-state index in [1.165, 1.54) is 10.1 Å². The van der Waals surface area contributed by atoms with Gasteiger partial charge in [-0.2, -0.15) is 0 Å². The van der Waals surface area contributed by atoms with Crippen molar-refractivity contribution in [2.75, 3.05) is 0 Å². The van der Waals surface area contributed by atoms with E-state index in [0.29, 0.717) is 12.3 Å². The average Bonchev–Trinajstić information content (AvgIpc) is 3.13. The van der Waals surface area contributed by atoms with Gasteiger partial charge in [0.15, 0.2) is 0 Å². The van der Waals surface area contributed by atoms with E-state index in [-0.39, 0.29) is 0 Å². The van der Waals surface area contributed by atoms with Crippen LogP contribution in [-0.4, -0.2) is 8.77 Å². The molecule has 4 aromatic rings. The summed E-state index contributed by atoms with van der Waals surface area (Å²) in [5.74, 6) is 0.697. The number of benzene rings is 1. The fourth-order valence-electron chi connectivity index (χ4n) is 2.94. The van der Waals surface area contributed by atoms with Crippen LogP contribution in [0.25, 0.3) is 27.4 Å². The molecule has 0 fully saturated rings. The zero-order valence-electron chi connectivity index (χ0n) is 13.4. The molecule has 5 heteroatoms. The number of aromatic nitrogens is 4. The molecule has 0 spiro atoms. The van der Waals surface area contributed by atoms with Crippen molar-refractivity contribution in [1.82, 2.24) is 8.77 Å². The number of pyridine rings is 1. The summed E-state index contributed by atoms with van der Waals surface area (Å²) in [5, 5.41) is 1.05. The van der Waals surface area contributed by atoms with Crippen LogP contribution in [-0.2, 0) is 13.5 Å². The molecule has 1 aromatic carbocycles. The van der Waals surface area contributed by atoms with Crippen LogP contribution in [0.4, 0.5) is 0 Å². The summed E-state index contributed by atoms with van der Waals surface area (Å²) in [6, 6.07) is 9.62. The standard InChI is InChI=1S/C15H12N4S/c1-17-12-4-2-3-5-13(12)19-15(17)18-9-10-6-7-16-8-11(10)14(18)20-19/h2-8H,9H2,1H3/q+2/i1D3. The van der Waals surface area contributed by atoms with Crippen molar-refractivity contribution < 1.29 is 13.2 Å². The number of hydrogen-bond donors (Lipinski definition) is 0. The van der Waals surface area contributed by atoms with Crippen molar-refractivity contribution >= 4 is 28.3 Å². The minimum absolute atomic E-state index is 0.673. The van der Waals surface area contributed by atoms with Gasteiger partial charge in [0, 0.05) is 24.0 Å². The summed E-state index contributed by atoms with van der Waals surface area (Å²) in [7, 11) is 0. The Kier molecular flexibility index (Phi) is 1.39. The lowest BCUT2D eigenvalue weighted by Crippen LogP contribution is -2.42. The van der Waals surface area contributed by atoms with Crippen LogP contribution in [0.1, 0.15) is 9.68 Å². The molecule has 1 aliphatic heterocycles. The van der Waals surface area contributed by atoms with E-state index in [4.69, 9.17) is 4.11 Å². The molecule has 0 unspecified atom stereocenters. The number of hydrogen-bond acceptors (Lipinski definition) is 2. The highest BCUT2D eigenvalue weighted by atomic mass is 32.1. The average molecular weight is 283 g/mol. The van der Waals surface area contributed by atoms with E-state index < -0.39 is 6.98 Å². The first-order chi connectivity index (χ1) is 11.1. The Balaban J connectivity index is 1.97. The molecule has 5 rings (SSSR count). The monoisotopic (exact) mass is 283 g/mol. The van der Waals surface area contributed by atoms with Crippen LogP contribution in [0.3, 0.4) is 0 Å². The van der Waals surface area contributed by atoms with Gasteiger partial charge in [-0.15, -0.1) is 9.13 Å². The lowest BCUT2D eigenvalue weighted by atomic mass is 10.2. The quantitative estimate of drug-likeness (QED) is 0.397. The van der Waals surface area contributed by atoms with Crippen LogP contribution in [0, 0.1) is 0 Å². The molecule has 0 amide bonds. The summed E-state index contributed by atoms with van der Waals surface area (Å²) >= 11 is 1.56. The molecular formula is C15H12N4S+2. The molecule has 4 heterocycles. The summed E-state index contributed by atoms with van der Waals surface area (Å²) in [4.78, 5) is 4.21. The zero-order valence-corrected chi connectivity index (χ0v) is 11.3. The molecule has 0 aliphatic carbocycles. The Hall–Kier alpha value is -2.27. The van der Waals surface area contributed by atoms with Crippen molar-refractivity contribution in [1.29, 1.82) is 0 Å². The molecule has 0 bridgehead atoms. The van der Waals surface area contributed by atoms with Crippen LogP contribution in [0.15, 0.2) is 42.7 Å². The van der Waals surface area contributed by atoms with Gasteiger partial charge in [0.25, 0.3) is 5.01 Å². The molecule has 20 heavy (non-hydrogen) atoms. The Morgan fingerprint density at radius 3 is 3.25 bits per heavy atom. The number of imidazole rings is 1. The first-order valence-corrected chi connectivity index (χ1v) is 7.15. The van der Waals surface area contributed by atoms with Crippen LogP contribution in [0.2, 0.25) is 0 Å². The van der Waals surface area contributed by atoms with Gasteiger partial charge in [0.1, 0.15) is 25.1 Å². The second-order valence-electron chi connectivity index (χ2n) is 4.93. The Morgan fingerprint density at radius 1 is 1.35 bits per heavy atom. The summed E-state index contributed by atoms with van der Waals surface area (Å²) in [6.45, 7) is -1.56. The fourth-order valence-corrected chi connectivity index (χ4v) is 4.15. The normalized spacial score (nSPS) is 15.9. The van der Waals surface area contributed by atoms with Gasteiger partial charge < -0.3 is 0 Å². The number of rotatable bonds is 0. The molecule has 96 valence electrons. The first-order valence-electron chi connectivity index (χ1n) is 7.88. The molecule has 1 aliphatic rings. The van der Waals surface area contributed by atoms with E-state index >= 15 is 0 Å². The molecule has 0 saturated heterocycles. The predicted molar refractivity (Wildman–Crippen MR) is 76.5 cm³/mol. The van der Waals surface area contributed by atoms with E-state index in [9.17, 15) is 0 Å². The van der Waals surface area contributed by atoms with Crippen molar-refractivity contribution in [3.63, 3.8) is 0 Å². The first kappa shape index (κ1) is 8.11. The minimum atomic E-state index is -2.23. The highest BCUT2D eigenvalue weighted by Crippen LogP contribution is 2.31. The van der Waals surface area contributed by atoms with Gasteiger partial charge in [-0.25, -0.2) is 0 Å². The predicted octanol–water partition coefficient (Wildman–Crippen LogP) is 1.69. The molecule has 4 nitrogen and oxygen atoms in total. The molecule has 0 N–H and O–H groups in total.